The van der Waals surface area contributed by atoms with Crippen LogP contribution in [-0.4, -0.2) is 70.3 Å². The second-order valence-corrected chi connectivity index (χ2v) is 8.31. The van der Waals surface area contributed by atoms with Crippen LogP contribution in [0.15, 0.2) is 24.3 Å². The molecule has 2 aliphatic heterocycles. The first-order valence-electron chi connectivity index (χ1n) is 10.9. The van der Waals surface area contributed by atoms with Crippen LogP contribution < -0.4 is 4.74 Å². The van der Waals surface area contributed by atoms with Gasteiger partial charge in [-0.2, -0.15) is 5.10 Å². The molecule has 2 amide bonds. The van der Waals surface area contributed by atoms with Gasteiger partial charge in [-0.15, -0.1) is 0 Å². The maximum atomic E-state index is 13.1. The van der Waals surface area contributed by atoms with Crippen molar-refractivity contribution in [2.75, 3.05) is 32.9 Å². The van der Waals surface area contributed by atoms with Gasteiger partial charge < -0.3 is 19.3 Å². The van der Waals surface area contributed by atoms with Gasteiger partial charge in [0.2, 0.25) is 5.91 Å². The van der Waals surface area contributed by atoms with Crippen LogP contribution >= 0.6 is 0 Å². The number of hydrogen-bond donors (Lipinski definition) is 0. The molecule has 1 atom stereocenters. The van der Waals surface area contributed by atoms with Gasteiger partial charge in [0.25, 0.3) is 5.91 Å². The van der Waals surface area contributed by atoms with Gasteiger partial charge in [-0.3, -0.25) is 14.3 Å². The molecule has 3 heterocycles. The Bertz CT molecular complexity index is 964. The topological polar surface area (TPSA) is 76.9 Å². The summed E-state index contributed by atoms with van der Waals surface area (Å²) in [6, 6.07) is 7.47. The predicted octanol–water partition coefficient (Wildman–Crippen LogP) is 2.17. The van der Waals surface area contributed by atoms with Crippen molar-refractivity contribution >= 4 is 11.8 Å². The Morgan fingerprint density at radius 1 is 1.16 bits per heavy atom. The first kappa shape index (κ1) is 21.4. The van der Waals surface area contributed by atoms with E-state index in [9.17, 15) is 9.59 Å². The molecule has 2 aliphatic rings. The smallest absolute Gasteiger partial charge is 0.254 e. The van der Waals surface area contributed by atoms with Crippen LogP contribution in [0.1, 0.15) is 40.7 Å². The Morgan fingerprint density at radius 3 is 2.65 bits per heavy atom. The number of aromatic nitrogens is 2. The number of morpholine rings is 1. The van der Waals surface area contributed by atoms with E-state index in [1.54, 1.807) is 0 Å². The van der Waals surface area contributed by atoms with E-state index in [0.717, 1.165) is 22.7 Å². The number of carbonyl (C=O) groups excluding carboxylic acids is 2. The molecule has 8 heteroatoms. The molecular formula is C23H30N4O4. The van der Waals surface area contributed by atoms with Crippen LogP contribution in [-0.2, 0) is 22.6 Å². The van der Waals surface area contributed by atoms with Crippen LogP contribution in [0.5, 0.6) is 5.75 Å². The van der Waals surface area contributed by atoms with Crippen molar-refractivity contribution < 1.29 is 19.1 Å². The quantitative estimate of drug-likeness (QED) is 0.749. The summed E-state index contributed by atoms with van der Waals surface area (Å²) in [5, 5.41) is 4.45. The molecule has 4 rings (SSSR count). The second-order valence-electron chi connectivity index (χ2n) is 8.31. The van der Waals surface area contributed by atoms with Crippen LogP contribution in [0.2, 0.25) is 0 Å². The fraction of sp³-hybridized carbons (Fsp3) is 0.522. The Kier molecular flexibility index (Phi) is 6.27. The molecule has 0 spiro atoms. The van der Waals surface area contributed by atoms with Crippen molar-refractivity contribution in [3.63, 3.8) is 0 Å². The summed E-state index contributed by atoms with van der Waals surface area (Å²) in [5.41, 5.74) is 3.49. The van der Waals surface area contributed by atoms with E-state index < -0.39 is 0 Å². The van der Waals surface area contributed by atoms with Gasteiger partial charge in [-0.05, 0) is 45.0 Å². The average molecular weight is 427 g/mol. The van der Waals surface area contributed by atoms with Crippen molar-refractivity contribution in [3.8, 4) is 5.75 Å². The Balaban J connectivity index is 1.48. The summed E-state index contributed by atoms with van der Waals surface area (Å²) in [7, 11) is 0. The zero-order valence-electron chi connectivity index (χ0n) is 18.5. The van der Waals surface area contributed by atoms with Gasteiger partial charge in [0.1, 0.15) is 12.4 Å². The van der Waals surface area contributed by atoms with E-state index in [4.69, 9.17) is 9.47 Å². The molecule has 1 fully saturated rings. The third kappa shape index (κ3) is 4.74. The van der Waals surface area contributed by atoms with E-state index in [1.807, 2.05) is 59.5 Å². The fourth-order valence-corrected chi connectivity index (χ4v) is 4.15. The largest absolute Gasteiger partial charge is 0.491 e. The van der Waals surface area contributed by atoms with Crippen molar-refractivity contribution in [3.05, 3.63) is 46.8 Å². The number of ether oxygens (including phenoxy) is 2. The van der Waals surface area contributed by atoms with E-state index >= 15 is 0 Å². The van der Waals surface area contributed by atoms with E-state index in [2.05, 4.69) is 5.10 Å². The lowest BCUT2D eigenvalue weighted by Crippen LogP contribution is -2.41. The van der Waals surface area contributed by atoms with Gasteiger partial charge in [-0.25, -0.2) is 0 Å². The minimum atomic E-state index is -0.0567. The summed E-state index contributed by atoms with van der Waals surface area (Å²) in [6.07, 6.45) is 0.369. The number of benzene rings is 1. The summed E-state index contributed by atoms with van der Waals surface area (Å²) in [4.78, 5) is 29.6. The maximum Gasteiger partial charge on any atom is 0.254 e. The molecular weight excluding hydrogens is 396 g/mol. The monoisotopic (exact) mass is 426 g/mol. The third-order valence-electron chi connectivity index (χ3n) is 5.92. The number of fused-ring (bicyclic) bond motifs is 1. The highest BCUT2D eigenvalue weighted by Gasteiger charge is 2.27. The Labute approximate surface area is 182 Å². The van der Waals surface area contributed by atoms with Gasteiger partial charge in [-0.1, -0.05) is 0 Å². The SMILES string of the molecule is Cc1cc(C)n(CCC(=O)N2Cc3cc(C(=O)N4CCOCC4)ccc3OC[C@@H]2C)n1. The van der Waals surface area contributed by atoms with Crippen molar-refractivity contribution in [1.82, 2.24) is 19.6 Å². The zero-order chi connectivity index (χ0) is 22.0. The normalized spacial score (nSPS) is 18.9. The molecule has 2 aromatic rings. The molecule has 0 radical (unpaired) electrons. The lowest BCUT2D eigenvalue weighted by atomic mass is 10.1. The lowest BCUT2D eigenvalue weighted by Gasteiger charge is -2.27. The molecule has 8 nitrogen and oxygen atoms in total. The average Bonchev–Trinajstić information content (AvgIpc) is 3.00. The highest BCUT2D eigenvalue weighted by atomic mass is 16.5. The number of aryl methyl sites for hydroxylation is 3. The van der Waals surface area contributed by atoms with E-state index in [1.165, 1.54) is 0 Å². The number of hydrogen-bond acceptors (Lipinski definition) is 5. The summed E-state index contributed by atoms with van der Waals surface area (Å²) in [6.45, 7) is 9.66. The number of rotatable bonds is 4. The molecule has 31 heavy (non-hydrogen) atoms. The van der Waals surface area contributed by atoms with Crippen LogP contribution in [0, 0.1) is 13.8 Å². The molecule has 1 aromatic heterocycles. The molecule has 1 saturated heterocycles. The number of amides is 2. The van der Waals surface area contributed by atoms with Gasteiger partial charge in [0.15, 0.2) is 0 Å². The standard InChI is InChI=1S/C23H30N4O4/c1-16-12-17(2)27(24-16)7-6-22(28)26-14-20-13-19(4-5-21(20)31-15-18(26)3)23(29)25-8-10-30-11-9-25/h4-5,12-13,18H,6-11,14-15H2,1-3H3/t18-/m0/s1. The second kappa shape index (κ2) is 9.09. The van der Waals surface area contributed by atoms with Gasteiger partial charge >= 0.3 is 0 Å². The van der Waals surface area contributed by atoms with Crippen LogP contribution in [0.4, 0.5) is 0 Å². The molecule has 0 unspecified atom stereocenters. The zero-order valence-corrected chi connectivity index (χ0v) is 18.5. The minimum absolute atomic E-state index is 0.00852. The van der Waals surface area contributed by atoms with E-state index in [-0.39, 0.29) is 17.9 Å². The minimum Gasteiger partial charge on any atom is -0.491 e. The molecule has 166 valence electrons. The summed E-state index contributed by atoms with van der Waals surface area (Å²) in [5.74, 6) is 0.784. The summed E-state index contributed by atoms with van der Waals surface area (Å²) >= 11 is 0. The molecule has 0 N–H and O–H groups in total. The van der Waals surface area contributed by atoms with Crippen molar-refractivity contribution in [1.29, 1.82) is 0 Å². The predicted molar refractivity (Wildman–Crippen MR) is 115 cm³/mol. The first-order valence-corrected chi connectivity index (χ1v) is 10.9. The van der Waals surface area contributed by atoms with Crippen molar-refractivity contribution in [2.45, 2.75) is 46.3 Å². The number of carbonyl (C=O) groups is 2. The molecule has 1 aromatic carbocycles. The first-order chi connectivity index (χ1) is 14.9. The highest BCUT2D eigenvalue weighted by molar-refractivity contribution is 5.94. The third-order valence-corrected chi connectivity index (χ3v) is 5.92. The molecule has 0 bridgehead atoms. The van der Waals surface area contributed by atoms with Crippen molar-refractivity contribution in [2.24, 2.45) is 0 Å². The molecule has 0 saturated carbocycles. The van der Waals surface area contributed by atoms with Crippen LogP contribution in [0.25, 0.3) is 0 Å². The van der Waals surface area contributed by atoms with Crippen LogP contribution in [0.3, 0.4) is 0 Å². The maximum absolute atomic E-state index is 13.1. The fourth-order valence-electron chi connectivity index (χ4n) is 4.15. The lowest BCUT2D eigenvalue weighted by molar-refractivity contribution is -0.134. The Morgan fingerprint density at radius 2 is 1.94 bits per heavy atom. The number of nitrogens with zero attached hydrogens (tertiary/aromatic N) is 4. The van der Waals surface area contributed by atoms with E-state index in [0.29, 0.717) is 58.0 Å². The highest BCUT2D eigenvalue weighted by Crippen LogP contribution is 2.27. The molecule has 0 aliphatic carbocycles. The Hall–Kier alpha value is -2.87. The summed E-state index contributed by atoms with van der Waals surface area (Å²) < 4.78 is 13.2. The van der Waals surface area contributed by atoms with Gasteiger partial charge in [0, 0.05) is 49.4 Å². The van der Waals surface area contributed by atoms with Gasteiger partial charge in [0.05, 0.1) is 24.9 Å².